The number of imidazole rings is 1. The van der Waals surface area contributed by atoms with Crippen LogP contribution in [0.4, 0.5) is 5.69 Å². The van der Waals surface area contributed by atoms with Crippen molar-refractivity contribution in [3.8, 4) is 5.75 Å². The van der Waals surface area contributed by atoms with Gasteiger partial charge in [-0.1, -0.05) is 6.07 Å². The van der Waals surface area contributed by atoms with Crippen LogP contribution in [0.1, 0.15) is 16.2 Å². The van der Waals surface area contributed by atoms with Crippen LogP contribution in [0.25, 0.3) is 0 Å². The minimum absolute atomic E-state index is 0.0815. The van der Waals surface area contributed by atoms with Gasteiger partial charge in [0.1, 0.15) is 12.4 Å². The van der Waals surface area contributed by atoms with Crippen LogP contribution in [0.2, 0.25) is 0 Å². The summed E-state index contributed by atoms with van der Waals surface area (Å²) in [6.45, 7) is 1.76. The zero-order valence-corrected chi connectivity index (χ0v) is 11.2. The quantitative estimate of drug-likeness (QED) is 0.888. The molecule has 0 saturated carbocycles. The fourth-order valence-electron chi connectivity index (χ4n) is 2.23. The number of nitrogens with one attached hydrogen (secondary N) is 2. The second kappa shape index (κ2) is 5.24. The summed E-state index contributed by atoms with van der Waals surface area (Å²) in [6.07, 6.45) is 3.41. The number of nitrogens with zero attached hydrogens (tertiary/aromatic N) is 2. The summed E-state index contributed by atoms with van der Waals surface area (Å²) < 4.78 is 5.63. The Labute approximate surface area is 116 Å². The normalized spacial score (nSPS) is 13.1. The largest absolute Gasteiger partial charge is 0.489 e. The van der Waals surface area contributed by atoms with Gasteiger partial charge in [0.15, 0.2) is 5.75 Å². The molecule has 0 saturated heterocycles. The number of hydrogen-bond donors (Lipinski definition) is 2. The van der Waals surface area contributed by atoms with Crippen molar-refractivity contribution < 1.29 is 9.53 Å². The molecule has 0 radical (unpaired) electrons. The zero-order valence-electron chi connectivity index (χ0n) is 11.2. The maximum absolute atomic E-state index is 12.5. The second-order valence-corrected chi connectivity index (χ2v) is 4.65. The maximum atomic E-state index is 12.5. The third-order valence-electron chi connectivity index (χ3n) is 3.20. The van der Waals surface area contributed by atoms with Gasteiger partial charge in [-0.25, -0.2) is 4.98 Å². The molecule has 6 heteroatoms. The van der Waals surface area contributed by atoms with Crippen LogP contribution in [-0.2, 0) is 6.54 Å². The van der Waals surface area contributed by atoms with E-state index in [1.54, 1.807) is 30.4 Å². The number of H-pyrrole nitrogens is 1. The van der Waals surface area contributed by atoms with Crippen molar-refractivity contribution in [2.75, 3.05) is 25.5 Å². The fraction of sp³-hybridized carbons (Fsp3) is 0.286. The molecule has 0 aliphatic carbocycles. The highest BCUT2D eigenvalue weighted by atomic mass is 16.5. The van der Waals surface area contributed by atoms with E-state index in [0.717, 1.165) is 18.1 Å². The number of benzene rings is 1. The van der Waals surface area contributed by atoms with E-state index >= 15 is 0 Å². The minimum Gasteiger partial charge on any atom is -0.489 e. The lowest BCUT2D eigenvalue weighted by molar-refractivity contribution is 0.0777. The molecule has 1 aliphatic heterocycles. The van der Waals surface area contributed by atoms with E-state index < -0.39 is 0 Å². The molecule has 0 bridgehead atoms. The van der Waals surface area contributed by atoms with E-state index in [4.69, 9.17) is 4.74 Å². The molecule has 0 unspecified atom stereocenters. The molecule has 104 valence electrons. The van der Waals surface area contributed by atoms with Crippen LogP contribution >= 0.6 is 0 Å². The highest BCUT2D eigenvalue weighted by Crippen LogP contribution is 2.31. The molecular weight excluding hydrogens is 256 g/mol. The van der Waals surface area contributed by atoms with Gasteiger partial charge < -0.3 is 19.9 Å². The molecule has 3 rings (SSSR count). The smallest absolute Gasteiger partial charge is 0.257 e. The predicted molar refractivity (Wildman–Crippen MR) is 74.8 cm³/mol. The number of rotatable bonds is 3. The second-order valence-electron chi connectivity index (χ2n) is 4.65. The van der Waals surface area contributed by atoms with Gasteiger partial charge in [-0.3, -0.25) is 4.79 Å². The topological polar surface area (TPSA) is 70.2 Å². The summed E-state index contributed by atoms with van der Waals surface area (Å²) in [7, 11) is 1.75. The number of amides is 1. The molecule has 1 amide bonds. The summed E-state index contributed by atoms with van der Waals surface area (Å²) >= 11 is 0. The van der Waals surface area contributed by atoms with E-state index in [0.29, 0.717) is 24.5 Å². The van der Waals surface area contributed by atoms with Crippen LogP contribution in [0.15, 0.2) is 30.6 Å². The van der Waals surface area contributed by atoms with E-state index in [1.165, 1.54) is 0 Å². The molecular formula is C14H16N4O2. The lowest BCUT2D eigenvalue weighted by Crippen LogP contribution is -2.28. The molecule has 0 atom stereocenters. The molecule has 2 aromatic rings. The molecule has 20 heavy (non-hydrogen) atoms. The first-order chi connectivity index (χ1) is 9.75. The summed E-state index contributed by atoms with van der Waals surface area (Å²) in [5.41, 5.74) is 1.44. The van der Waals surface area contributed by atoms with E-state index in [9.17, 15) is 4.79 Å². The van der Waals surface area contributed by atoms with Gasteiger partial charge in [0, 0.05) is 26.0 Å². The van der Waals surface area contributed by atoms with Crippen molar-refractivity contribution in [2.24, 2.45) is 0 Å². The SMILES string of the molecule is CN(Cc1ncc[nH]1)C(=O)c1cccc2c1OCCN2. The number of aromatic nitrogens is 2. The van der Waals surface area contributed by atoms with E-state index in [2.05, 4.69) is 15.3 Å². The Bertz CT molecular complexity index is 610. The maximum Gasteiger partial charge on any atom is 0.257 e. The molecule has 2 N–H and O–H groups in total. The van der Waals surface area contributed by atoms with E-state index in [-0.39, 0.29) is 5.91 Å². The number of anilines is 1. The highest BCUT2D eigenvalue weighted by molar-refractivity contribution is 5.98. The Hall–Kier alpha value is -2.50. The van der Waals surface area contributed by atoms with Gasteiger partial charge in [-0.15, -0.1) is 0 Å². The standard InChI is InChI=1S/C14H16N4O2/c1-18(9-12-16-5-6-17-12)14(19)10-3-2-4-11-13(10)20-8-7-15-11/h2-6,15H,7-9H2,1H3,(H,16,17). The Balaban J connectivity index is 1.83. The van der Waals surface area contributed by atoms with Gasteiger partial charge >= 0.3 is 0 Å². The number of ether oxygens (including phenoxy) is 1. The number of fused-ring (bicyclic) bond motifs is 1. The van der Waals surface area contributed by atoms with Crippen LogP contribution in [0.5, 0.6) is 5.75 Å². The first kappa shape index (κ1) is 12.5. The van der Waals surface area contributed by atoms with Crippen molar-refractivity contribution in [1.29, 1.82) is 0 Å². The van der Waals surface area contributed by atoms with Crippen molar-refractivity contribution in [2.45, 2.75) is 6.54 Å². The Morgan fingerprint density at radius 1 is 1.50 bits per heavy atom. The molecule has 1 aromatic carbocycles. The summed E-state index contributed by atoms with van der Waals surface area (Å²) in [5.74, 6) is 1.31. The summed E-state index contributed by atoms with van der Waals surface area (Å²) in [5, 5.41) is 3.23. The number of hydrogen-bond acceptors (Lipinski definition) is 4. The third kappa shape index (κ3) is 2.32. The van der Waals surface area contributed by atoms with Crippen LogP contribution in [-0.4, -0.2) is 41.0 Å². The summed E-state index contributed by atoms with van der Waals surface area (Å²) in [4.78, 5) is 21.3. The molecule has 1 aromatic heterocycles. The zero-order chi connectivity index (χ0) is 13.9. The van der Waals surface area contributed by atoms with Crippen LogP contribution in [0.3, 0.4) is 0 Å². The monoisotopic (exact) mass is 272 g/mol. The summed E-state index contributed by atoms with van der Waals surface area (Å²) in [6, 6.07) is 5.55. The van der Waals surface area contributed by atoms with Gasteiger partial charge in [0.05, 0.1) is 17.8 Å². The lowest BCUT2D eigenvalue weighted by atomic mass is 10.1. The average molecular weight is 272 g/mol. The Kier molecular flexibility index (Phi) is 3.28. The van der Waals surface area contributed by atoms with Gasteiger partial charge in [-0.05, 0) is 12.1 Å². The Morgan fingerprint density at radius 3 is 3.20 bits per heavy atom. The molecule has 1 aliphatic rings. The first-order valence-electron chi connectivity index (χ1n) is 6.49. The van der Waals surface area contributed by atoms with Crippen molar-refractivity contribution in [3.63, 3.8) is 0 Å². The lowest BCUT2D eigenvalue weighted by Gasteiger charge is -2.23. The van der Waals surface area contributed by atoms with Gasteiger partial charge in [-0.2, -0.15) is 0 Å². The number of carbonyl (C=O) groups excluding carboxylic acids is 1. The number of aromatic amines is 1. The average Bonchev–Trinajstić information content (AvgIpc) is 2.99. The van der Waals surface area contributed by atoms with Crippen molar-refractivity contribution >= 4 is 11.6 Å². The predicted octanol–water partition coefficient (Wildman–Crippen LogP) is 1.49. The molecule has 0 fully saturated rings. The first-order valence-corrected chi connectivity index (χ1v) is 6.49. The molecule has 6 nitrogen and oxygen atoms in total. The van der Waals surface area contributed by atoms with Crippen LogP contribution in [0, 0.1) is 0 Å². The molecule has 2 heterocycles. The van der Waals surface area contributed by atoms with Crippen LogP contribution < -0.4 is 10.1 Å². The van der Waals surface area contributed by atoms with Crippen molar-refractivity contribution in [3.05, 3.63) is 42.0 Å². The van der Waals surface area contributed by atoms with Gasteiger partial charge in [0.2, 0.25) is 0 Å². The van der Waals surface area contributed by atoms with Crippen molar-refractivity contribution in [1.82, 2.24) is 14.9 Å². The Morgan fingerprint density at radius 2 is 2.40 bits per heavy atom. The minimum atomic E-state index is -0.0815. The molecule has 0 spiro atoms. The van der Waals surface area contributed by atoms with E-state index in [1.807, 2.05) is 12.1 Å². The number of para-hydroxylation sites is 1. The third-order valence-corrected chi connectivity index (χ3v) is 3.20. The van der Waals surface area contributed by atoms with Gasteiger partial charge in [0.25, 0.3) is 5.91 Å². The number of carbonyl (C=O) groups is 1. The highest BCUT2D eigenvalue weighted by Gasteiger charge is 2.21. The fourth-order valence-corrected chi connectivity index (χ4v) is 2.23.